The fourth-order valence-electron chi connectivity index (χ4n) is 3.13. The molecule has 5 heteroatoms. The molecule has 2 aromatic carbocycles. The molecule has 0 saturated carbocycles. The standard InChI is InChI=1S/C21H23N3O2/c1-14-9-10-17(15(2)11-14)12-23(4)20(25)13-24-21(26)19-8-6-5-7-18(19)16(3)22-24/h5-11H,12-13H2,1-4H3. The zero-order chi connectivity index (χ0) is 18.8. The molecule has 1 amide bonds. The molecule has 1 heterocycles. The maximum absolute atomic E-state index is 12.6. The van der Waals surface area contributed by atoms with E-state index < -0.39 is 0 Å². The van der Waals surface area contributed by atoms with Crippen molar-refractivity contribution in [2.75, 3.05) is 7.05 Å². The van der Waals surface area contributed by atoms with Crippen LogP contribution in [0.4, 0.5) is 0 Å². The van der Waals surface area contributed by atoms with Crippen LogP contribution in [-0.2, 0) is 17.9 Å². The highest BCUT2D eigenvalue weighted by Crippen LogP contribution is 2.14. The van der Waals surface area contributed by atoms with E-state index in [1.54, 1.807) is 18.0 Å². The van der Waals surface area contributed by atoms with Crippen molar-refractivity contribution in [1.82, 2.24) is 14.7 Å². The molecule has 0 saturated heterocycles. The van der Waals surface area contributed by atoms with Crippen LogP contribution < -0.4 is 5.56 Å². The molecular formula is C21H23N3O2. The second kappa shape index (κ2) is 7.12. The highest BCUT2D eigenvalue weighted by molar-refractivity contribution is 5.83. The first-order valence-electron chi connectivity index (χ1n) is 8.63. The molecule has 5 nitrogen and oxygen atoms in total. The van der Waals surface area contributed by atoms with Gasteiger partial charge in [0.05, 0.1) is 11.1 Å². The van der Waals surface area contributed by atoms with Crippen LogP contribution in [0, 0.1) is 20.8 Å². The molecule has 0 unspecified atom stereocenters. The third-order valence-electron chi connectivity index (χ3n) is 4.67. The summed E-state index contributed by atoms with van der Waals surface area (Å²) in [4.78, 5) is 26.9. The van der Waals surface area contributed by atoms with Gasteiger partial charge in [0, 0.05) is 19.0 Å². The minimum absolute atomic E-state index is 0.0636. The van der Waals surface area contributed by atoms with Crippen LogP contribution in [0.1, 0.15) is 22.4 Å². The van der Waals surface area contributed by atoms with Gasteiger partial charge in [0.1, 0.15) is 6.54 Å². The predicted molar refractivity (Wildman–Crippen MR) is 103 cm³/mol. The number of benzene rings is 2. The molecule has 1 aromatic heterocycles. The van der Waals surface area contributed by atoms with Gasteiger partial charge in [-0.15, -0.1) is 0 Å². The Balaban J connectivity index is 1.82. The number of amides is 1. The highest BCUT2D eigenvalue weighted by atomic mass is 16.2. The van der Waals surface area contributed by atoms with Crippen molar-refractivity contribution in [2.24, 2.45) is 0 Å². The lowest BCUT2D eigenvalue weighted by Crippen LogP contribution is -2.35. The third kappa shape index (κ3) is 3.52. The van der Waals surface area contributed by atoms with Gasteiger partial charge in [-0.2, -0.15) is 5.10 Å². The van der Waals surface area contributed by atoms with Crippen LogP contribution >= 0.6 is 0 Å². The number of likely N-dealkylation sites (N-methyl/N-ethyl adjacent to an activating group) is 1. The minimum atomic E-state index is -0.237. The lowest BCUT2D eigenvalue weighted by atomic mass is 10.1. The molecule has 134 valence electrons. The zero-order valence-electron chi connectivity index (χ0n) is 15.6. The molecule has 0 radical (unpaired) electrons. The molecule has 0 aliphatic carbocycles. The number of hydrogen-bond donors (Lipinski definition) is 0. The normalized spacial score (nSPS) is 10.9. The van der Waals surface area contributed by atoms with Crippen molar-refractivity contribution in [3.05, 3.63) is 75.2 Å². The van der Waals surface area contributed by atoms with E-state index >= 15 is 0 Å². The van der Waals surface area contributed by atoms with Gasteiger partial charge in [-0.05, 0) is 38.0 Å². The Morgan fingerprint density at radius 3 is 2.46 bits per heavy atom. The quantitative estimate of drug-likeness (QED) is 0.728. The van der Waals surface area contributed by atoms with E-state index in [9.17, 15) is 9.59 Å². The summed E-state index contributed by atoms with van der Waals surface area (Å²) < 4.78 is 1.26. The molecule has 3 aromatic rings. The SMILES string of the molecule is Cc1ccc(CN(C)C(=O)Cn2nc(C)c3ccccc3c2=O)c(C)c1. The van der Waals surface area contributed by atoms with E-state index in [0.29, 0.717) is 11.9 Å². The van der Waals surface area contributed by atoms with Crippen LogP contribution in [0.2, 0.25) is 0 Å². The second-order valence-electron chi connectivity index (χ2n) is 6.77. The first kappa shape index (κ1) is 17.9. The molecule has 0 aliphatic rings. The van der Waals surface area contributed by atoms with Gasteiger partial charge >= 0.3 is 0 Å². The molecule has 26 heavy (non-hydrogen) atoms. The van der Waals surface area contributed by atoms with Gasteiger partial charge in [0.2, 0.25) is 5.91 Å². The topological polar surface area (TPSA) is 55.2 Å². The number of hydrogen-bond acceptors (Lipinski definition) is 3. The summed E-state index contributed by atoms with van der Waals surface area (Å²) in [6.07, 6.45) is 0. The van der Waals surface area contributed by atoms with Crippen LogP contribution in [0.3, 0.4) is 0 Å². The summed E-state index contributed by atoms with van der Waals surface area (Å²) in [5.41, 5.74) is 3.95. The van der Waals surface area contributed by atoms with Gasteiger partial charge in [-0.3, -0.25) is 9.59 Å². The lowest BCUT2D eigenvalue weighted by Gasteiger charge is -2.19. The van der Waals surface area contributed by atoms with Crippen LogP contribution in [-0.4, -0.2) is 27.6 Å². The molecule has 0 atom stereocenters. The van der Waals surface area contributed by atoms with Gasteiger partial charge in [-0.1, -0.05) is 42.0 Å². The number of carbonyl (C=O) groups excluding carboxylic acids is 1. The predicted octanol–water partition coefficient (Wildman–Crippen LogP) is 2.98. The van der Waals surface area contributed by atoms with Crippen molar-refractivity contribution in [3.8, 4) is 0 Å². The van der Waals surface area contributed by atoms with Crippen molar-refractivity contribution >= 4 is 16.7 Å². The van der Waals surface area contributed by atoms with Crippen molar-refractivity contribution in [1.29, 1.82) is 0 Å². The molecule has 3 rings (SSSR count). The highest BCUT2D eigenvalue weighted by Gasteiger charge is 2.15. The summed E-state index contributed by atoms with van der Waals surface area (Å²) in [5.74, 6) is -0.144. The summed E-state index contributed by atoms with van der Waals surface area (Å²) in [7, 11) is 1.75. The zero-order valence-corrected chi connectivity index (χ0v) is 15.6. The monoisotopic (exact) mass is 349 g/mol. The Hall–Kier alpha value is -2.95. The molecule has 0 bridgehead atoms. The molecule has 0 fully saturated rings. The van der Waals surface area contributed by atoms with E-state index in [2.05, 4.69) is 11.2 Å². The first-order valence-corrected chi connectivity index (χ1v) is 8.63. The van der Waals surface area contributed by atoms with Gasteiger partial charge in [0.25, 0.3) is 5.56 Å². The van der Waals surface area contributed by atoms with Crippen LogP contribution in [0.5, 0.6) is 0 Å². The van der Waals surface area contributed by atoms with E-state index in [-0.39, 0.29) is 18.0 Å². The Labute approximate surface area is 152 Å². The first-order chi connectivity index (χ1) is 12.4. The fraction of sp³-hybridized carbons (Fsp3) is 0.286. The average molecular weight is 349 g/mol. The fourth-order valence-corrected chi connectivity index (χ4v) is 3.13. The Bertz CT molecular complexity index is 1040. The largest absolute Gasteiger partial charge is 0.340 e. The number of fused-ring (bicyclic) bond motifs is 1. The third-order valence-corrected chi connectivity index (χ3v) is 4.67. The summed E-state index contributed by atoms with van der Waals surface area (Å²) in [6, 6.07) is 13.5. The summed E-state index contributed by atoms with van der Waals surface area (Å²) in [5, 5.41) is 5.73. The van der Waals surface area contributed by atoms with Crippen LogP contribution in [0.15, 0.2) is 47.3 Å². The van der Waals surface area contributed by atoms with Crippen molar-refractivity contribution in [3.63, 3.8) is 0 Å². The average Bonchev–Trinajstić information content (AvgIpc) is 2.61. The van der Waals surface area contributed by atoms with E-state index in [4.69, 9.17) is 0 Å². The smallest absolute Gasteiger partial charge is 0.275 e. The van der Waals surface area contributed by atoms with E-state index in [1.165, 1.54) is 10.2 Å². The maximum Gasteiger partial charge on any atom is 0.275 e. The number of rotatable bonds is 4. The lowest BCUT2D eigenvalue weighted by molar-refractivity contribution is -0.131. The molecular weight excluding hydrogens is 326 g/mol. The van der Waals surface area contributed by atoms with Gasteiger partial charge in [0.15, 0.2) is 0 Å². The summed E-state index contributed by atoms with van der Waals surface area (Å²) in [6.45, 7) is 6.38. The van der Waals surface area contributed by atoms with Gasteiger partial charge in [-0.25, -0.2) is 4.68 Å². The van der Waals surface area contributed by atoms with E-state index in [0.717, 1.165) is 22.2 Å². The van der Waals surface area contributed by atoms with Gasteiger partial charge < -0.3 is 4.90 Å². The number of aryl methyl sites for hydroxylation is 3. The minimum Gasteiger partial charge on any atom is -0.340 e. The second-order valence-corrected chi connectivity index (χ2v) is 6.77. The molecule has 0 aliphatic heterocycles. The molecule has 0 spiro atoms. The summed E-state index contributed by atoms with van der Waals surface area (Å²) >= 11 is 0. The Kier molecular flexibility index (Phi) is 4.89. The number of carbonyl (C=O) groups is 1. The Morgan fingerprint density at radius 1 is 1.08 bits per heavy atom. The number of aromatic nitrogens is 2. The van der Waals surface area contributed by atoms with Crippen molar-refractivity contribution < 1.29 is 4.79 Å². The maximum atomic E-state index is 12.6. The van der Waals surface area contributed by atoms with Crippen molar-refractivity contribution in [2.45, 2.75) is 33.9 Å². The van der Waals surface area contributed by atoms with E-state index in [1.807, 2.05) is 51.1 Å². The number of nitrogens with zero attached hydrogens (tertiary/aromatic N) is 3. The van der Waals surface area contributed by atoms with Crippen LogP contribution in [0.25, 0.3) is 10.8 Å². The molecule has 0 N–H and O–H groups in total. The Morgan fingerprint density at radius 2 is 1.77 bits per heavy atom.